The molecule has 1 aliphatic rings. The summed E-state index contributed by atoms with van der Waals surface area (Å²) < 4.78 is 64.6. The largest absolute Gasteiger partial charge is 0.452 e. The molecule has 0 aliphatic carbocycles. The number of rotatable bonds is 5. The highest BCUT2D eigenvalue weighted by atomic mass is 32.2. The van der Waals surface area contributed by atoms with Crippen LogP contribution in [-0.2, 0) is 30.3 Å². The second kappa shape index (κ2) is 7.90. The van der Waals surface area contributed by atoms with E-state index in [0.29, 0.717) is 12.0 Å². The van der Waals surface area contributed by atoms with Gasteiger partial charge in [-0.05, 0) is 30.2 Å². The Labute approximate surface area is 147 Å². The first-order valence-corrected chi connectivity index (χ1v) is 9.39. The molecule has 1 saturated heterocycles. The van der Waals surface area contributed by atoms with Gasteiger partial charge >= 0.3 is 12.1 Å². The van der Waals surface area contributed by atoms with Crippen molar-refractivity contribution in [3.05, 3.63) is 41.5 Å². The van der Waals surface area contributed by atoms with Crippen molar-refractivity contribution in [3.63, 3.8) is 0 Å². The number of alkyl halides is 3. The van der Waals surface area contributed by atoms with Crippen LogP contribution >= 0.6 is 0 Å². The van der Waals surface area contributed by atoms with Crippen LogP contribution in [-0.4, -0.2) is 44.4 Å². The number of carbonyl (C=O) groups excluding carboxylic acids is 2. The fourth-order valence-corrected chi connectivity index (χ4v) is 3.98. The van der Waals surface area contributed by atoms with Gasteiger partial charge in [0.1, 0.15) is 0 Å². The number of nitrogens with one attached hydrogen (secondary N) is 1. The summed E-state index contributed by atoms with van der Waals surface area (Å²) in [5.74, 6) is -1.60. The summed E-state index contributed by atoms with van der Waals surface area (Å²) >= 11 is 0. The zero-order valence-corrected chi connectivity index (χ0v) is 14.3. The van der Waals surface area contributed by atoms with E-state index in [1.54, 1.807) is 0 Å². The molecular formula is C16H16F3NO5S. The van der Waals surface area contributed by atoms with Crippen LogP contribution in [0.4, 0.5) is 13.2 Å². The predicted molar refractivity (Wildman–Crippen MR) is 86.6 cm³/mol. The molecule has 1 heterocycles. The van der Waals surface area contributed by atoms with Gasteiger partial charge in [-0.15, -0.1) is 0 Å². The van der Waals surface area contributed by atoms with E-state index in [0.717, 1.165) is 18.2 Å². The first-order chi connectivity index (χ1) is 12.0. The van der Waals surface area contributed by atoms with Crippen molar-refractivity contribution in [2.75, 3.05) is 18.1 Å². The summed E-state index contributed by atoms with van der Waals surface area (Å²) in [5.41, 5.74) is -0.446. The Morgan fingerprint density at radius 1 is 1.23 bits per heavy atom. The smallest absolute Gasteiger partial charge is 0.416 e. The lowest BCUT2D eigenvalue weighted by molar-refractivity contribution is -0.144. The molecule has 0 spiro atoms. The summed E-state index contributed by atoms with van der Waals surface area (Å²) in [6.07, 6.45) is -1.89. The van der Waals surface area contributed by atoms with Crippen LogP contribution in [0.25, 0.3) is 6.08 Å². The maximum Gasteiger partial charge on any atom is 0.416 e. The van der Waals surface area contributed by atoms with Gasteiger partial charge in [0, 0.05) is 12.1 Å². The highest BCUT2D eigenvalue weighted by Gasteiger charge is 2.30. The third-order valence-electron chi connectivity index (χ3n) is 3.59. The van der Waals surface area contributed by atoms with Crippen LogP contribution in [0.2, 0.25) is 0 Å². The van der Waals surface area contributed by atoms with Crippen molar-refractivity contribution in [1.29, 1.82) is 0 Å². The third kappa shape index (κ3) is 6.17. The predicted octanol–water partition coefficient (Wildman–Crippen LogP) is 1.57. The molecule has 1 atom stereocenters. The number of benzene rings is 1. The Bertz CT molecular complexity index is 800. The number of ether oxygens (including phenoxy) is 1. The Morgan fingerprint density at radius 3 is 2.42 bits per heavy atom. The van der Waals surface area contributed by atoms with Crippen molar-refractivity contribution in [2.45, 2.75) is 18.6 Å². The second-order valence-corrected chi connectivity index (χ2v) is 7.96. The topological polar surface area (TPSA) is 89.5 Å². The molecule has 26 heavy (non-hydrogen) atoms. The molecule has 1 aliphatic heterocycles. The molecule has 0 aromatic heterocycles. The average molecular weight is 391 g/mol. The third-order valence-corrected chi connectivity index (χ3v) is 5.36. The molecule has 1 fully saturated rings. The number of hydrogen-bond donors (Lipinski definition) is 1. The second-order valence-electron chi connectivity index (χ2n) is 5.73. The van der Waals surface area contributed by atoms with Crippen LogP contribution in [0.5, 0.6) is 0 Å². The van der Waals surface area contributed by atoms with E-state index in [2.05, 4.69) is 5.32 Å². The lowest BCUT2D eigenvalue weighted by Gasteiger charge is -2.10. The number of halogens is 3. The fraction of sp³-hybridized carbons (Fsp3) is 0.375. The molecule has 10 heteroatoms. The standard InChI is InChI=1S/C16H16F3NO5S/c17-16(18,19)12-4-1-11(2-5-12)3-6-15(22)25-9-14(21)20-13-7-8-26(23,24)10-13/h1-6,13H,7-10H2,(H,20,21)/b6-3+/t13-/m1/s1. The van der Waals surface area contributed by atoms with Crippen LogP contribution in [0.3, 0.4) is 0 Å². The molecule has 0 unspecified atom stereocenters. The molecule has 0 saturated carbocycles. The van der Waals surface area contributed by atoms with Crippen molar-refractivity contribution in [1.82, 2.24) is 5.32 Å². The molecule has 1 N–H and O–H groups in total. The first kappa shape index (κ1) is 20.0. The Balaban J connectivity index is 1.77. The summed E-state index contributed by atoms with van der Waals surface area (Å²) in [7, 11) is -3.13. The van der Waals surface area contributed by atoms with Gasteiger partial charge in [0.15, 0.2) is 16.4 Å². The minimum absolute atomic E-state index is 0.00754. The highest BCUT2D eigenvalue weighted by molar-refractivity contribution is 7.91. The molecule has 0 radical (unpaired) electrons. The molecule has 2 rings (SSSR count). The van der Waals surface area contributed by atoms with Gasteiger partial charge in [0.25, 0.3) is 5.91 Å². The monoisotopic (exact) mass is 391 g/mol. The first-order valence-electron chi connectivity index (χ1n) is 7.57. The Kier molecular flexibility index (Phi) is 6.06. The van der Waals surface area contributed by atoms with Gasteiger partial charge in [0.05, 0.1) is 17.1 Å². The molecule has 0 bridgehead atoms. The highest BCUT2D eigenvalue weighted by Crippen LogP contribution is 2.29. The maximum absolute atomic E-state index is 12.4. The SMILES string of the molecule is O=C(COC(=O)/C=C/c1ccc(C(F)(F)F)cc1)N[C@@H]1CCS(=O)(=O)C1. The van der Waals surface area contributed by atoms with Crippen molar-refractivity contribution < 1.29 is 35.9 Å². The van der Waals surface area contributed by atoms with Crippen molar-refractivity contribution in [2.24, 2.45) is 0 Å². The van der Waals surface area contributed by atoms with Crippen molar-refractivity contribution >= 4 is 27.8 Å². The Hall–Kier alpha value is -2.36. The molecule has 142 valence electrons. The minimum Gasteiger partial charge on any atom is -0.452 e. The quantitative estimate of drug-likeness (QED) is 0.608. The summed E-state index contributed by atoms with van der Waals surface area (Å²) in [4.78, 5) is 23.1. The summed E-state index contributed by atoms with van der Waals surface area (Å²) in [6, 6.07) is 3.66. The van der Waals surface area contributed by atoms with E-state index >= 15 is 0 Å². The van der Waals surface area contributed by atoms with Crippen LogP contribution < -0.4 is 5.32 Å². The molecular weight excluding hydrogens is 375 g/mol. The van der Waals surface area contributed by atoms with E-state index in [4.69, 9.17) is 4.74 Å². The number of esters is 1. The minimum atomic E-state index is -4.44. The van der Waals surface area contributed by atoms with Crippen LogP contribution in [0.15, 0.2) is 30.3 Å². The van der Waals surface area contributed by atoms with E-state index in [-0.39, 0.29) is 11.5 Å². The zero-order valence-electron chi connectivity index (χ0n) is 13.5. The summed E-state index contributed by atoms with van der Waals surface area (Å²) in [6.45, 7) is -0.577. The molecule has 1 aromatic carbocycles. The van der Waals surface area contributed by atoms with E-state index in [1.165, 1.54) is 18.2 Å². The van der Waals surface area contributed by atoms with Gasteiger partial charge in [-0.2, -0.15) is 13.2 Å². The average Bonchev–Trinajstić information content (AvgIpc) is 2.89. The van der Waals surface area contributed by atoms with E-state index < -0.39 is 46.1 Å². The van der Waals surface area contributed by atoms with Gasteiger partial charge in [0.2, 0.25) is 0 Å². The van der Waals surface area contributed by atoms with Crippen molar-refractivity contribution in [3.8, 4) is 0 Å². The van der Waals surface area contributed by atoms with Crippen LogP contribution in [0, 0.1) is 0 Å². The molecule has 6 nitrogen and oxygen atoms in total. The van der Waals surface area contributed by atoms with Gasteiger partial charge in [-0.1, -0.05) is 12.1 Å². The van der Waals surface area contributed by atoms with Crippen LogP contribution in [0.1, 0.15) is 17.5 Å². The number of carbonyl (C=O) groups is 2. The van der Waals surface area contributed by atoms with Gasteiger partial charge in [-0.25, -0.2) is 13.2 Å². The fourth-order valence-electron chi connectivity index (χ4n) is 2.31. The summed E-state index contributed by atoms with van der Waals surface area (Å²) in [5, 5.41) is 2.46. The maximum atomic E-state index is 12.4. The van der Waals surface area contributed by atoms with E-state index in [1.807, 2.05) is 0 Å². The number of sulfone groups is 1. The number of hydrogen-bond acceptors (Lipinski definition) is 5. The molecule has 1 amide bonds. The normalized spacial score (nSPS) is 19.4. The van der Waals surface area contributed by atoms with E-state index in [9.17, 15) is 31.2 Å². The zero-order chi connectivity index (χ0) is 19.4. The lowest BCUT2D eigenvalue weighted by Crippen LogP contribution is -2.38. The lowest BCUT2D eigenvalue weighted by atomic mass is 10.1. The Morgan fingerprint density at radius 2 is 1.88 bits per heavy atom. The number of amides is 1. The van der Waals surface area contributed by atoms with Gasteiger partial charge in [-0.3, -0.25) is 4.79 Å². The van der Waals surface area contributed by atoms with Gasteiger partial charge < -0.3 is 10.1 Å². The molecule has 1 aromatic rings.